The van der Waals surface area contributed by atoms with Crippen LogP contribution in [0.2, 0.25) is 0 Å². The molecule has 1 N–H and O–H groups in total. The van der Waals surface area contributed by atoms with Crippen molar-refractivity contribution in [2.24, 2.45) is 5.92 Å². The normalized spacial score (nSPS) is 16.3. The van der Waals surface area contributed by atoms with Crippen LogP contribution in [0.15, 0.2) is 5.16 Å². The maximum atomic E-state index is 12.3. The van der Waals surface area contributed by atoms with Crippen LogP contribution in [0.3, 0.4) is 0 Å². The molecule has 1 atom stereocenters. The largest absolute Gasteiger partial charge is 0.300 e. The number of carbonyl (C=O) groups excluding carboxylic acids is 1. The van der Waals surface area contributed by atoms with Crippen molar-refractivity contribution in [3.8, 4) is 0 Å². The molecule has 30 heavy (non-hydrogen) atoms. The van der Waals surface area contributed by atoms with Crippen LogP contribution < -0.4 is 5.32 Å². The van der Waals surface area contributed by atoms with Crippen molar-refractivity contribution in [1.82, 2.24) is 29.8 Å². The van der Waals surface area contributed by atoms with E-state index in [1.54, 1.807) is 11.3 Å². The molecular weight excluding hydrogens is 438 g/mol. The molecule has 0 aliphatic heterocycles. The lowest BCUT2D eigenvalue weighted by Gasteiger charge is -2.17. The number of thioether (sulfide) groups is 1. The van der Waals surface area contributed by atoms with Crippen molar-refractivity contribution < 1.29 is 4.79 Å². The van der Waals surface area contributed by atoms with Crippen molar-refractivity contribution in [1.29, 1.82) is 0 Å². The number of thiophene rings is 1. The predicted octanol–water partition coefficient (Wildman–Crippen LogP) is 3.92. The van der Waals surface area contributed by atoms with E-state index >= 15 is 0 Å². The molecule has 0 bridgehead atoms. The lowest BCUT2D eigenvalue weighted by molar-refractivity contribution is -0.113. The molecule has 11 heteroatoms. The maximum absolute atomic E-state index is 12.3. The van der Waals surface area contributed by atoms with E-state index in [0.29, 0.717) is 16.2 Å². The molecule has 1 aliphatic rings. The molecule has 156 valence electrons. The quantitative estimate of drug-likeness (QED) is 0.452. The molecule has 0 spiro atoms. The van der Waals surface area contributed by atoms with Gasteiger partial charge in [0, 0.05) is 11.3 Å². The van der Waals surface area contributed by atoms with E-state index in [1.807, 2.05) is 11.3 Å². The fraction of sp³-hybridized carbons (Fsp3) is 0.474. The van der Waals surface area contributed by atoms with E-state index in [4.69, 9.17) is 4.98 Å². The minimum Gasteiger partial charge on any atom is -0.300 e. The summed E-state index contributed by atoms with van der Waals surface area (Å²) in [5, 5.41) is 22.8. The lowest BCUT2D eigenvalue weighted by atomic mass is 9.89. The van der Waals surface area contributed by atoms with Gasteiger partial charge in [0.2, 0.25) is 11.0 Å². The molecule has 0 aromatic carbocycles. The molecule has 0 saturated heterocycles. The second kappa shape index (κ2) is 7.86. The van der Waals surface area contributed by atoms with Gasteiger partial charge in [-0.15, -0.1) is 31.7 Å². The van der Waals surface area contributed by atoms with Crippen LogP contribution in [0, 0.1) is 12.8 Å². The van der Waals surface area contributed by atoms with Crippen LogP contribution in [0.1, 0.15) is 41.5 Å². The molecule has 4 aromatic heterocycles. The van der Waals surface area contributed by atoms with Gasteiger partial charge in [-0.3, -0.25) is 14.5 Å². The number of amides is 1. The number of anilines is 1. The standard InChI is InChI=1S/C19H21N7OS3/c1-4-13-20-17-15(11-6-5-9(2)7-12(11)30-17)16-23-25-19(26(13)16)28-8-14(27)21-18-24-22-10(3)29-18/h9H,4-8H2,1-3H3,(H,21,24,27)/t9-/m1/s1. The Labute approximate surface area is 185 Å². The zero-order chi connectivity index (χ0) is 20.8. The van der Waals surface area contributed by atoms with Crippen LogP contribution in [0.25, 0.3) is 15.9 Å². The Morgan fingerprint density at radius 3 is 2.90 bits per heavy atom. The first kappa shape index (κ1) is 19.8. The minimum atomic E-state index is -0.137. The van der Waals surface area contributed by atoms with E-state index in [0.717, 1.165) is 46.0 Å². The Bertz CT molecular complexity index is 1260. The Morgan fingerprint density at radius 1 is 1.27 bits per heavy atom. The van der Waals surface area contributed by atoms with E-state index < -0.39 is 0 Å². The van der Waals surface area contributed by atoms with E-state index in [2.05, 4.69) is 39.6 Å². The summed E-state index contributed by atoms with van der Waals surface area (Å²) in [6.45, 7) is 6.25. The highest BCUT2D eigenvalue weighted by molar-refractivity contribution is 7.99. The molecule has 0 unspecified atom stereocenters. The van der Waals surface area contributed by atoms with Gasteiger partial charge < -0.3 is 0 Å². The molecular formula is C19H21N7OS3. The zero-order valence-electron chi connectivity index (χ0n) is 16.9. The van der Waals surface area contributed by atoms with E-state index in [9.17, 15) is 4.79 Å². The van der Waals surface area contributed by atoms with Gasteiger partial charge in [0.1, 0.15) is 15.7 Å². The Hall–Kier alpha value is -2.11. The average molecular weight is 460 g/mol. The Balaban J connectivity index is 1.47. The number of fused-ring (bicyclic) bond motifs is 5. The Morgan fingerprint density at radius 2 is 2.13 bits per heavy atom. The van der Waals surface area contributed by atoms with Gasteiger partial charge in [-0.05, 0) is 37.7 Å². The lowest BCUT2D eigenvalue weighted by Crippen LogP contribution is -2.14. The fourth-order valence-corrected chi connectivity index (χ4v) is 6.60. The third-order valence-corrected chi connectivity index (χ3v) is 8.09. The van der Waals surface area contributed by atoms with Crippen molar-refractivity contribution in [2.45, 2.75) is 51.6 Å². The van der Waals surface area contributed by atoms with E-state index in [-0.39, 0.29) is 11.7 Å². The van der Waals surface area contributed by atoms with Crippen LogP contribution in [0.4, 0.5) is 5.13 Å². The second-order valence-corrected chi connectivity index (χ2v) is 10.7. The molecule has 0 fully saturated rings. The second-order valence-electron chi connectivity index (χ2n) is 7.52. The SMILES string of the molecule is CCc1nc2sc3c(c2c2nnc(SCC(=O)Nc4nnc(C)s4)n12)CC[C@@H](C)C3. The predicted molar refractivity (Wildman–Crippen MR) is 121 cm³/mol. The van der Waals surface area contributed by atoms with Gasteiger partial charge in [-0.2, -0.15) is 0 Å². The average Bonchev–Trinajstić information content (AvgIpc) is 3.41. The number of aromatic nitrogens is 6. The van der Waals surface area contributed by atoms with Crippen LogP contribution in [-0.2, 0) is 24.1 Å². The van der Waals surface area contributed by atoms with Crippen molar-refractivity contribution in [3.63, 3.8) is 0 Å². The number of nitrogens with one attached hydrogen (secondary N) is 1. The van der Waals surface area contributed by atoms with Gasteiger partial charge in [-0.1, -0.05) is 36.9 Å². The third kappa shape index (κ3) is 3.48. The molecule has 4 heterocycles. The highest BCUT2D eigenvalue weighted by Gasteiger charge is 2.25. The number of hydrogen-bond acceptors (Lipinski definition) is 9. The van der Waals surface area contributed by atoms with Gasteiger partial charge in [0.25, 0.3) is 0 Å². The summed E-state index contributed by atoms with van der Waals surface area (Å²) in [4.78, 5) is 19.8. The summed E-state index contributed by atoms with van der Waals surface area (Å²) >= 11 is 4.53. The summed E-state index contributed by atoms with van der Waals surface area (Å²) in [5.41, 5.74) is 2.26. The Kier molecular flexibility index (Phi) is 5.19. The number of aryl methyl sites for hydroxylation is 3. The van der Waals surface area contributed by atoms with E-state index in [1.165, 1.54) is 40.0 Å². The minimum absolute atomic E-state index is 0.137. The molecule has 1 aliphatic carbocycles. The van der Waals surface area contributed by atoms with Crippen LogP contribution >= 0.6 is 34.4 Å². The van der Waals surface area contributed by atoms with Gasteiger partial charge >= 0.3 is 0 Å². The summed E-state index contributed by atoms with van der Waals surface area (Å²) in [5.74, 6) is 1.73. The van der Waals surface area contributed by atoms with Crippen molar-refractivity contribution in [2.75, 3.05) is 11.1 Å². The van der Waals surface area contributed by atoms with Crippen LogP contribution in [0.5, 0.6) is 0 Å². The number of nitrogens with zero attached hydrogens (tertiary/aromatic N) is 6. The highest BCUT2D eigenvalue weighted by Crippen LogP contribution is 2.39. The first-order chi connectivity index (χ1) is 14.5. The molecule has 1 amide bonds. The summed E-state index contributed by atoms with van der Waals surface area (Å²) < 4.78 is 2.03. The molecule has 0 saturated carbocycles. The third-order valence-electron chi connectivity index (χ3n) is 5.26. The summed E-state index contributed by atoms with van der Waals surface area (Å²) in [7, 11) is 0. The first-order valence-corrected chi connectivity index (χ1v) is 12.6. The molecule has 4 aromatic rings. The van der Waals surface area contributed by atoms with Gasteiger partial charge in [0.15, 0.2) is 10.8 Å². The topological polar surface area (TPSA) is 98.0 Å². The number of rotatable bonds is 5. The monoisotopic (exact) mass is 459 g/mol. The maximum Gasteiger partial charge on any atom is 0.236 e. The smallest absolute Gasteiger partial charge is 0.236 e. The van der Waals surface area contributed by atoms with Crippen molar-refractivity contribution in [3.05, 3.63) is 21.3 Å². The zero-order valence-corrected chi connectivity index (χ0v) is 19.4. The number of carbonyl (C=O) groups is 1. The van der Waals surface area contributed by atoms with Crippen LogP contribution in [-0.4, -0.2) is 41.4 Å². The molecule has 0 radical (unpaired) electrons. The van der Waals surface area contributed by atoms with Crippen molar-refractivity contribution >= 4 is 61.3 Å². The molecule has 5 rings (SSSR count). The molecule has 8 nitrogen and oxygen atoms in total. The first-order valence-electron chi connectivity index (χ1n) is 9.94. The van der Waals surface area contributed by atoms with Gasteiger partial charge in [-0.25, -0.2) is 4.98 Å². The summed E-state index contributed by atoms with van der Waals surface area (Å²) in [6.07, 6.45) is 4.15. The number of hydrogen-bond donors (Lipinski definition) is 1. The van der Waals surface area contributed by atoms with Gasteiger partial charge in [0.05, 0.1) is 11.1 Å². The fourth-order valence-electron chi connectivity index (χ4n) is 3.84. The summed E-state index contributed by atoms with van der Waals surface area (Å²) in [6, 6.07) is 0. The highest BCUT2D eigenvalue weighted by atomic mass is 32.2.